The highest BCUT2D eigenvalue weighted by molar-refractivity contribution is 4.89. The minimum absolute atomic E-state index is 0.978. The van der Waals surface area contributed by atoms with Gasteiger partial charge in [-0.25, -0.2) is 0 Å². The summed E-state index contributed by atoms with van der Waals surface area (Å²) in [5.41, 5.74) is 0. The second-order valence-corrected chi connectivity index (χ2v) is 6.33. The van der Waals surface area contributed by atoms with Crippen LogP contribution in [-0.2, 0) is 4.74 Å². The first kappa shape index (κ1) is 11.9. The summed E-state index contributed by atoms with van der Waals surface area (Å²) in [5.74, 6) is 2.18. The lowest BCUT2D eigenvalue weighted by molar-refractivity contribution is -0.909. The lowest BCUT2D eigenvalue weighted by Gasteiger charge is -2.24. The number of hydrogen-bond donors (Lipinski definition) is 2. The maximum absolute atomic E-state index is 5.39. The maximum Gasteiger partial charge on any atom is 0.101 e. The highest BCUT2D eigenvalue weighted by Crippen LogP contribution is 2.42. The van der Waals surface area contributed by atoms with Gasteiger partial charge in [0.1, 0.15) is 13.1 Å². The molecule has 1 heterocycles. The Morgan fingerprint density at radius 1 is 1.12 bits per heavy atom. The Morgan fingerprint density at radius 2 is 2.00 bits per heavy atom. The van der Waals surface area contributed by atoms with Crippen LogP contribution in [0.15, 0.2) is 0 Å². The number of quaternary nitrogens is 2. The topological polar surface area (TPSA) is 30.3 Å². The molecule has 3 atom stereocenters. The first-order valence-electron chi connectivity index (χ1n) is 7.66. The summed E-state index contributed by atoms with van der Waals surface area (Å²) >= 11 is 0. The van der Waals surface area contributed by atoms with E-state index in [2.05, 4.69) is 5.32 Å². The van der Waals surface area contributed by atoms with Gasteiger partial charge in [-0.05, 0) is 25.2 Å². The van der Waals surface area contributed by atoms with Crippen LogP contribution in [0.5, 0.6) is 0 Å². The molecule has 0 aromatic carbocycles. The Balaban J connectivity index is 1.28. The van der Waals surface area contributed by atoms with Crippen molar-refractivity contribution in [1.29, 1.82) is 0 Å². The SMILES string of the molecule is C(C[NH2+][C@H]1C[C@@H]2CC[C@H]1C2)C[NH+]1CCOCC1. The molecule has 3 fully saturated rings. The van der Waals surface area contributed by atoms with Crippen LogP contribution in [0, 0.1) is 11.8 Å². The average molecular weight is 240 g/mol. The zero-order valence-corrected chi connectivity index (χ0v) is 11.0. The number of fused-ring (bicyclic) bond motifs is 2. The molecule has 1 aliphatic heterocycles. The van der Waals surface area contributed by atoms with Crippen LogP contribution in [0.3, 0.4) is 0 Å². The van der Waals surface area contributed by atoms with Gasteiger partial charge in [-0.15, -0.1) is 0 Å². The Bertz CT molecular complexity index is 240. The quantitative estimate of drug-likeness (QED) is 0.596. The van der Waals surface area contributed by atoms with Gasteiger partial charge in [-0.2, -0.15) is 0 Å². The molecular formula is C14H28N2O+2. The van der Waals surface area contributed by atoms with Crippen molar-refractivity contribution in [2.24, 2.45) is 11.8 Å². The molecule has 3 nitrogen and oxygen atoms in total. The van der Waals surface area contributed by atoms with Gasteiger partial charge in [0.2, 0.25) is 0 Å². The summed E-state index contributed by atoms with van der Waals surface area (Å²) in [7, 11) is 0. The number of nitrogens with one attached hydrogen (secondary N) is 1. The maximum atomic E-state index is 5.39. The lowest BCUT2D eigenvalue weighted by atomic mass is 9.95. The number of nitrogens with two attached hydrogens (primary N) is 1. The third kappa shape index (κ3) is 3.01. The van der Waals surface area contributed by atoms with E-state index in [1.165, 1.54) is 51.9 Å². The monoisotopic (exact) mass is 240 g/mol. The van der Waals surface area contributed by atoms with Crippen LogP contribution in [0.25, 0.3) is 0 Å². The number of morpholine rings is 1. The molecule has 0 radical (unpaired) electrons. The van der Waals surface area contributed by atoms with E-state index < -0.39 is 0 Å². The van der Waals surface area contributed by atoms with Crippen molar-refractivity contribution in [3.05, 3.63) is 0 Å². The van der Waals surface area contributed by atoms with Gasteiger partial charge in [0, 0.05) is 18.8 Å². The van der Waals surface area contributed by atoms with E-state index in [1.54, 1.807) is 11.3 Å². The van der Waals surface area contributed by atoms with E-state index in [-0.39, 0.29) is 0 Å². The van der Waals surface area contributed by atoms with E-state index >= 15 is 0 Å². The smallest absolute Gasteiger partial charge is 0.101 e. The molecule has 0 unspecified atom stereocenters. The van der Waals surface area contributed by atoms with Crippen molar-refractivity contribution < 1.29 is 15.0 Å². The average Bonchev–Trinajstić information content (AvgIpc) is 2.98. The summed E-state index contributed by atoms with van der Waals surface area (Å²) in [6, 6.07) is 0.994. The first-order valence-corrected chi connectivity index (χ1v) is 7.66. The molecule has 2 aliphatic carbocycles. The van der Waals surface area contributed by atoms with Crippen LogP contribution in [0.1, 0.15) is 32.1 Å². The second kappa shape index (κ2) is 5.68. The second-order valence-electron chi connectivity index (χ2n) is 6.33. The normalized spacial score (nSPS) is 37.8. The molecule has 98 valence electrons. The van der Waals surface area contributed by atoms with Crippen molar-refractivity contribution in [3.63, 3.8) is 0 Å². The predicted molar refractivity (Wildman–Crippen MR) is 67.0 cm³/mol. The summed E-state index contributed by atoms with van der Waals surface area (Å²) in [6.45, 7) is 7.14. The number of hydrogen-bond acceptors (Lipinski definition) is 1. The van der Waals surface area contributed by atoms with Crippen molar-refractivity contribution in [2.75, 3.05) is 39.4 Å². The molecule has 17 heavy (non-hydrogen) atoms. The molecular weight excluding hydrogens is 212 g/mol. The van der Waals surface area contributed by atoms with Gasteiger partial charge in [0.15, 0.2) is 0 Å². The van der Waals surface area contributed by atoms with E-state index in [9.17, 15) is 0 Å². The van der Waals surface area contributed by atoms with Crippen LogP contribution in [0.4, 0.5) is 0 Å². The molecule has 0 aromatic heterocycles. The fourth-order valence-corrected chi connectivity index (χ4v) is 4.18. The minimum atomic E-state index is 0.978. The fraction of sp³-hybridized carbons (Fsp3) is 1.00. The van der Waals surface area contributed by atoms with E-state index in [4.69, 9.17) is 4.74 Å². The largest absolute Gasteiger partial charge is 0.370 e. The standard InChI is InChI=1S/C14H26N2O/c1(5-16-6-8-17-9-7-16)4-15-14-11-12-2-3-13(14)10-12/h12-15H,1-11H2/p+2/t12-,13+,14+/m1/s1. The van der Waals surface area contributed by atoms with Gasteiger partial charge in [-0.1, -0.05) is 0 Å². The van der Waals surface area contributed by atoms with Gasteiger partial charge >= 0.3 is 0 Å². The van der Waals surface area contributed by atoms with E-state index in [1.807, 2.05) is 0 Å². The molecule has 2 saturated carbocycles. The number of rotatable bonds is 5. The zero-order chi connectivity index (χ0) is 11.5. The van der Waals surface area contributed by atoms with Crippen LogP contribution < -0.4 is 10.2 Å². The Labute approximate surface area is 105 Å². The Hall–Kier alpha value is -0.120. The summed E-state index contributed by atoms with van der Waals surface area (Å²) in [5, 5.41) is 2.67. The highest BCUT2D eigenvalue weighted by Gasteiger charge is 2.41. The van der Waals surface area contributed by atoms with Crippen LogP contribution in [0.2, 0.25) is 0 Å². The third-order valence-corrected chi connectivity index (χ3v) is 5.20. The first-order chi connectivity index (χ1) is 8.42. The van der Waals surface area contributed by atoms with Crippen LogP contribution >= 0.6 is 0 Å². The summed E-state index contributed by atoms with van der Waals surface area (Å²) in [6.07, 6.45) is 7.53. The van der Waals surface area contributed by atoms with Crippen molar-refractivity contribution >= 4 is 0 Å². The van der Waals surface area contributed by atoms with Crippen molar-refractivity contribution in [2.45, 2.75) is 38.1 Å². The van der Waals surface area contributed by atoms with Crippen molar-refractivity contribution in [1.82, 2.24) is 0 Å². The zero-order valence-electron chi connectivity index (χ0n) is 11.0. The molecule has 0 amide bonds. The predicted octanol–water partition coefficient (Wildman–Crippen LogP) is -0.956. The van der Waals surface area contributed by atoms with Gasteiger partial charge in [-0.3, -0.25) is 0 Å². The molecule has 3 aliphatic rings. The van der Waals surface area contributed by atoms with Gasteiger partial charge < -0.3 is 15.0 Å². The molecule has 2 bridgehead atoms. The molecule has 0 aromatic rings. The Kier molecular flexibility index (Phi) is 3.99. The summed E-state index contributed by atoms with van der Waals surface area (Å²) < 4.78 is 5.39. The van der Waals surface area contributed by atoms with Crippen molar-refractivity contribution in [3.8, 4) is 0 Å². The van der Waals surface area contributed by atoms with E-state index in [0.717, 1.165) is 31.1 Å². The van der Waals surface area contributed by atoms with Gasteiger partial charge in [0.25, 0.3) is 0 Å². The lowest BCUT2D eigenvalue weighted by Crippen LogP contribution is -3.14. The van der Waals surface area contributed by atoms with E-state index in [0.29, 0.717) is 0 Å². The van der Waals surface area contributed by atoms with Gasteiger partial charge in [0.05, 0.1) is 32.3 Å². The third-order valence-electron chi connectivity index (χ3n) is 5.20. The molecule has 3 heteroatoms. The highest BCUT2D eigenvalue weighted by atomic mass is 16.5. The minimum Gasteiger partial charge on any atom is -0.370 e. The molecule has 3 N–H and O–H groups in total. The number of ether oxygens (including phenoxy) is 1. The fourth-order valence-electron chi connectivity index (χ4n) is 4.18. The summed E-state index contributed by atoms with van der Waals surface area (Å²) in [4.78, 5) is 1.76. The molecule has 0 spiro atoms. The molecule has 1 saturated heterocycles. The molecule has 3 rings (SSSR count). The Morgan fingerprint density at radius 3 is 2.71 bits per heavy atom. The van der Waals surface area contributed by atoms with Crippen LogP contribution in [-0.4, -0.2) is 45.4 Å².